The third kappa shape index (κ3) is 20.7. The number of nitrogens with zero attached hydrogens (tertiary/aromatic N) is 1. The van der Waals surface area contributed by atoms with Gasteiger partial charge >= 0.3 is 0 Å². The van der Waals surface area contributed by atoms with E-state index in [9.17, 15) is 18.0 Å². The van der Waals surface area contributed by atoms with Crippen LogP contribution in [0.3, 0.4) is 0 Å². The second-order valence-electron chi connectivity index (χ2n) is 13.2. The van der Waals surface area contributed by atoms with Crippen molar-refractivity contribution >= 4 is 21.7 Å². The van der Waals surface area contributed by atoms with Gasteiger partial charge in [-0.1, -0.05) is 180 Å². The zero-order chi connectivity index (χ0) is 31.4. The molecule has 0 aromatic carbocycles. The zero-order valence-electron chi connectivity index (χ0n) is 28.1. The number of unbranched alkanes of at least 4 members (excludes halogenated alkanes) is 27. The van der Waals surface area contributed by atoms with Crippen LogP contribution in [0.25, 0.3) is 0 Å². The molecule has 0 radical (unpaired) electrons. The van der Waals surface area contributed by atoms with E-state index in [4.69, 9.17) is 5.11 Å². The van der Waals surface area contributed by atoms with Crippen molar-refractivity contribution in [1.82, 2.24) is 4.90 Å². The lowest BCUT2D eigenvalue weighted by atomic mass is 10.0. The molecule has 0 spiro atoms. The second kappa shape index (κ2) is 27.4. The fraction of sp³-hybridized carbons (Fsp3) is 0.944. The fourth-order valence-electron chi connectivity index (χ4n) is 6.38. The maximum atomic E-state index is 12.4. The minimum absolute atomic E-state index is 0.277. The van der Waals surface area contributed by atoms with Gasteiger partial charge in [-0.2, -0.15) is 0 Å². The predicted octanol–water partition coefficient (Wildman–Crippen LogP) is 9.46. The minimum Gasteiger partial charge on any atom is -0.395 e. The maximum Gasteiger partial charge on any atom is 0.248 e. The summed E-state index contributed by atoms with van der Waals surface area (Å²) in [5, 5.41) is 7.61. The molecule has 0 aromatic heterocycles. The Kier molecular flexibility index (Phi) is 25.5. The van der Waals surface area contributed by atoms with E-state index in [2.05, 4.69) is 6.92 Å². The number of hydrogen-bond acceptors (Lipinski definition) is 5. The largest absolute Gasteiger partial charge is 0.395 e. The van der Waals surface area contributed by atoms with Gasteiger partial charge in [-0.3, -0.25) is 14.5 Å². The van der Waals surface area contributed by atoms with Crippen molar-refractivity contribution in [2.45, 2.75) is 198 Å². The first-order chi connectivity index (χ1) is 20.9. The highest BCUT2D eigenvalue weighted by Crippen LogP contribution is 2.22. The van der Waals surface area contributed by atoms with Crippen LogP contribution in [0.1, 0.15) is 193 Å². The van der Waals surface area contributed by atoms with Crippen LogP contribution in [0.5, 0.6) is 0 Å². The van der Waals surface area contributed by atoms with E-state index in [-0.39, 0.29) is 6.42 Å². The van der Waals surface area contributed by atoms with Gasteiger partial charge in [-0.25, -0.2) is 8.42 Å². The van der Waals surface area contributed by atoms with Crippen LogP contribution in [0.4, 0.5) is 0 Å². The molecule has 1 heterocycles. The highest BCUT2D eigenvalue weighted by molar-refractivity contribution is 7.92. The van der Waals surface area contributed by atoms with Crippen molar-refractivity contribution in [2.75, 3.05) is 18.9 Å². The van der Waals surface area contributed by atoms with Crippen molar-refractivity contribution in [2.24, 2.45) is 0 Å². The van der Waals surface area contributed by atoms with Crippen LogP contribution in [-0.2, 0) is 19.4 Å². The van der Waals surface area contributed by atoms with Crippen LogP contribution in [0, 0.1) is 0 Å². The van der Waals surface area contributed by atoms with Gasteiger partial charge in [0.25, 0.3) is 0 Å². The monoisotopic (exact) mass is 627 g/mol. The molecule has 1 saturated heterocycles. The third-order valence-electron chi connectivity index (χ3n) is 9.25. The van der Waals surface area contributed by atoms with Crippen molar-refractivity contribution < 1.29 is 23.1 Å². The Balaban J connectivity index is 1.77. The second-order valence-corrected chi connectivity index (χ2v) is 15.5. The summed E-state index contributed by atoms with van der Waals surface area (Å²) in [5.41, 5.74) is 0. The average molecular weight is 628 g/mol. The van der Waals surface area contributed by atoms with Crippen LogP contribution in [0.2, 0.25) is 0 Å². The van der Waals surface area contributed by atoms with Crippen molar-refractivity contribution in [3.63, 3.8) is 0 Å². The van der Waals surface area contributed by atoms with E-state index in [1.807, 2.05) is 0 Å². The fourth-order valence-corrected chi connectivity index (χ4v) is 7.75. The molecule has 1 aliphatic heterocycles. The molecular formula is C36H69NO5S. The van der Waals surface area contributed by atoms with E-state index in [0.717, 1.165) is 24.2 Å². The maximum absolute atomic E-state index is 12.4. The molecule has 1 atom stereocenters. The van der Waals surface area contributed by atoms with E-state index in [1.54, 1.807) is 0 Å². The summed E-state index contributed by atoms with van der Waals surface area (Å²) in [6.45, 7) is 2.07. The molecule has 6 nitrogen and oxygen atoms in total. The van der Waals surface area contributed by atoms with E-state index in [0.29, 0.717) is 6.54 Å². The van der Waals surface area contributed by atoms with Crippen LogP contribution in [-0.4, -0.2) is 54.4 Å². The van der Waals surface area contributed by atoms with Gasteiger partial charge < -0.3 is 5.11 Å². The highest BCUT2D eigenvalue weighted by Gasteiger charge is 2.45. The Morgan fingerprint density at radius 3 is 1.16 bits per heavy atom. The summed E-state index contributed by atoms with van der Waals surface area (Å²) in [6.07, 6.45) is 37.4. The Morgan fingerprint density at radius 2 is 0.860 bits per heavy atom. The van der Waals surface area contributed by atoms with E-state index in [1.165, 1.54) is 161 Å². The summed E-state index contributed by atoms with van der Waals surface area (Å²) >= 11 is 0. The quantitative estimate of drug-likeness (QED) is 0.0592. The molecule has 7 heteroatoms. The summed E-state index contributed by atoms with van der Waals surface area (Å²) < 4.78 is 24.2. The molecule has 43 heavy (non-hydrogen) atoms. The molecular weight excluding hydrogens is 558 g/mol. The van der Waals surface area contributed by atoms with Crippen molar-refractivity contribution in [1.29, 1.82) is 0 Å². The van der Waals surface area contributed by atoms with Crippen LogP contribution >= 0.6 is 0 Å². The molecule has 1 N–H and O–H groups in total. The predicted molar refractivity (Wildman–Crippen MR) is 181 cm³/mol. The molecule has 1 fully saturated rings. The van der Waals surface area contributed by atoms with Gasteiger partial charge in [0.1, 0.15) is 5.25 Å². The Bertz CT molecular complexity index is 785. The van der Waals surface area contributed by atoms with Crippen LogP contribution in [0.15, 0.2) is 0 Å². The SMILES string of the molecule is CCCCCCCCCCCCCCCCCCCCCCCCCCCCCCN1C(=O)CC(S(=O)(=O)CCO)C1=O. The van der Waals surface area contributed by atoms with Crippen molar-refractivity contribution in [3.05, 3.63) is 0 Å². The normalized spacial score (nSPS) is 15.7. The minimum atomic E-state index is -3.76. The molecule has 1 rings (SSSR count). The van der Waals surface area contributed by atoms with E-state index >= 15 is 0 Å². The number of likely N-dealkylation sites (tertiary alicyclic amines) is 1. The smallest absolute Gasteiger partial charge is 0.248 e. The highest BCUT2D eigenvalue weighted by atomic mass is 32.2. The Hall–Kier alpha value is -0.950. The zero-order valence-corrected chi connectivity index (χ0v) is 29.0. The summed E-state index contributed by atoms with van der Waals surface area (Å²) in [7, 11) is -3.76. The number of rotatable bonds is 32. The number of amides is 2. The Morgan fingerprint density at radius 1 is 0.558 bits per heavy atom. The van der Waals surface area contributed by atoms with Gasteiger partial charge in [0.2, 0.25) is 11.8 Å². The number of carbonyl (C=O) groups excluding carboxylic acids is 2. The van der Waals surface area contributed by atoms with Crippen molar-refractivity contribution in [3.8, 4) is 0 Å². The number of sulfone groups is 1. The lowest BCUT2D eigenvalue weighted by molar-refractivity contribution is -0.138. The molecule has 1 aliphatic rings. The molecule has 1 unspecified atom stereocenters. The Labute approximate surface area is 266 Å². The third-order valence-corrected chi connectivity index (χ3v) is 11.2. The van der Waals surface area contributed by atoms with Gasteiger partial charge in [-0.15, -0.1) is 0 Å². The standard InChI is InChI=1S/C36H69NO5S/c1-2-3-4-5-6-7-8-9-10-11-12-13-14-15-16-17-18-19-20-21-22-23-24-25-26-27-28-29-30-37-35(39)33-34(36(37)40)43(41,42)32-31-38/h34,38H,2-33H2,1H3. The van der Waals surface area contributed by atoms with Gasteiger partial charge in [0.15, 0.2) is 9.84 Å². The molecule has 254 valence electrons. The number of aliphatic hydroxyl groups excluding tert-OH is 1. The van der Waals surface area contributed by atoms with Gasteiger partial charge in [-0.05, 0) is 6.42 Å². The topological polar surface area (TPSA) is 91.8 Å². The summed E-state index contributed by atoms with van der Waals surface area (Å²) in [4.78, 5) is 25.6. The van der Waals surface area contributed by atoms with Gasteiger partial charge in [0, 0.05) is 6.54 Å². The molecule has 0 aliphatic carbocycles. The number of aliphatic hydroxyl groups is 1. The number of carbonyl (C=O) groups is 2. The van der Waals surface area contributed by atoms with Crippen LogP contribution < -0.4 is 0 Å². The first-order valence-corrected chi connectivity index (χ1v) is 20.3. The molecule has 0 saturated carbocycles. The summed E-state index contributed by atoms with van der Waals surface area (Å²) in [5.74, 6) is -1.48. The van der Waals surface area contributed by atoms with Gasteiger partial charge in [0.05, 0.1) is 18.8 Å². The number of hydrogen-bond donors (Lipinski definition) is 1. The lowest BCUT2D eigenvalue weighted by Crippen LogP contribution is -2.37. The molecule has 0 bridgehead atoms. The molecule has 2 amide bonds. The first kappa shape index (κ1) is 40.1. The average Bonchev–Trinajstić information content (AvgIpc) is 3.28. The summed E-state index contributed by atoms with van der Waals surface area (Å²) in [6, 6.07) is 0. The number of imide groups is 1. The van der Waals surface area contributed by atoms with E-state index < -0.39 is 39.3 Å². The molecule has 0 aromatic rings. The lowest BCUT2D eigenvalue weighted by Gasteiger charge is -2.14. The first-order valence-electron chi connectivity index (χ1n) is 18.6.